The number of benzene rings is 1. The molecule has 2 amide bonds. The number of rotatable bonds is 2. The molecule has 0 aliphatic heterocycles. The lowest BCUT2D eigenvalue weighted by Crippen LogP contribution is -2.34. The number of carbonyl (C=O) groups excluding carboxylic acids is 2. The number of anilines is 1. The van der Waals surface area contributed by atoms with Gasteiger partial charge in [-0.05, 0) is 34.1 Å². The van der Waals surface area contributed by atoms with Gasteiger partial charge in [0.15, 0.2) is 0 Å². The van der Waals surface area contributed by atoms with Crippen molar-refractivity contribution in [3.05, 3.63) is 28.5 Å². The van der Waals surface area contributed by atoms with Gasteiger partial charge < -0.3 is 5.32 Å². The van der Waals surface area contributed by atoms with Crippen LogP contribution in [0, 0.1) is 5.82 Å². The summed E-state index contributed by atoms with van der Waals surface area (Å²) in [6.07, 6.45) is 0. The van der Waals surface area contributed by atoms with Crippen LogP contribution < -0.4 is 10.8 Å². The van der Waals surface area contributed by atoms with Gasteiger partial charge in [0.25, 0.3) is 0 Å². The van der Waals surface area contributed by atoms with E-state index < -0.39 is 17.6 Å². The van der Waals surface area contributed by atoms with Crippen LogP contribution in [0.5, 0.6) is 0 Å². The Balaban J connectivity index is 2.70. The molecule has 0 spiro atoms. The van der Waals surface area contributed by atoms with Gasteiger partial charge in [0.1, 0.15) is 5.82 Å². The van der Waals surface area contributed by atoms with Gasteiger partial charge in [0.2, 0.25) is 0 Å². The Morgan fingerprint density at radius 2 is 2.06 bits per heavy atom. The fourth-order valence-corrected chi connectivity index (χ4v) is 1.15. The molecule has 0 heterocycles. The van der Waals surface area contributed by atoms with Gasteiger partial charge in [-0.2, -0.15) is 0 Å². The largest absolute Gasteiger partial charge is 0.333 e. The molecule has 0 aliphatic carbocycles. The van der Waals surface area contributed by atoms with Crippen molar-refractivity contribution in [1.82, 2.24) is 5.48 Å². The molecule has 0 saturated carbocycles. The van der Waals surface area contributed by atoms with Crippen LogP contribution in [0.2, 0.25) is 0 Å². The first-order valence-corrected chi connectivity index (χ1v) is 4.93. The van der Waals surface area contributed by atoms with Crippen molar-refractivity contribution >= 4 is 33.4 Å². The molecule has 7 heteroatoms. The van der Waals surface area contributed by atoms with Gasteiger partial charge in [-0.3, -0.25) is 14.4 Å². The van der Waals surface area contributed by atoms with Gasteiger partial charge in [0.05, 0.1) is 11.6 Å². The molecule has 0 atom stereocenters. The van der Waals surface area contributed by atoms with E-state index >= 15 is 0 Å². The van der Waals surface area contributed by atoms with E-state index in [1.54, 1.807) is 0 Å². The van der Waals surface area contributed by atoms with E-state index in [0.717, 1.165) is 6.07 Å². The maximum atomic E-state index is 13.1. The Bertz CT molecular complexity index is 425. The second kappa shape index (κ2) is 5.57. The third-order valence-corrected chi connectivity index (χ3v) is 2.22. The summed E-state index contributed by atoms with van der Waals surface area (Å²) in [7, 11) is 1.20. The molecule has 0 bridgehead atoms. The van der Waals surface area contributed by atoms with Crippen molar-refractivity contribution in [3.63, 3.8) is 0 Å². The molecule has 2 N–H and O–H groups in total. The number of carbonyl (C=O) groups is 2. The van der Waals surface area contributed by atoms with Crippen molar-refractivity contribution in [2.24, 2.45) is 0 Å². The number of amides is 2. The lowest BCUT2D eigenvalue weighted by Gasteiger charge is -2.05. The van der Waals surface area contributed by atoms with E-state index in [-0.39, 0.29) is 10.2 Å². The molecule has 16 heavy (non-hydrogen) atoms. The molecule has 0 fully saturated rings. The highest BCUT2D eigenvalue weighted by molar-refractivity contribution is 9.10. The van der Waals surface area contributed by atoms with Crippen LogP contribution in [0.4, 0.5) is 10.1 Å². The second-order valence-corrected chi connectivity index (χ2v) is 3.57. The van der Waals surface area contributed by atoms with Crippen LogP contribution in [0.25, 0.3) is 0 Å². The maximum Gasteiger partial charge on any atom is 0.333 e. The molecule has 1 rings (SSSR count). The number of nitrogens with one attached hydrogen (secondary N) is 2. The molecular formula is C9H8BrFN2O3. The van der Waals surface area contributed by atoms with Gasteiger partial charge in [-0.1, -0.05) is 0 Å². The average molecular weight is 291 g/mol. The summed E-state index contributed by atoms with van der Waals surface area (Å²) < 4.78 is 13.3. The van der Waals surface area contributed by atoms with Crippen LogP contribution in [-0.4, -0.2) is 18.9 Å². The normalized spacial score (nSPS) is 9.69. The zero-order valence-electron chi connectivity index (χ0n) is 8.21. The van der Waals surface area contributed by atoms with E-state index in [4.69, 9.17) is 0 Å². The number of hydroxylamine groups is 1. The van der Waals surface area contributed by atoms with E-state index in [1.165, 1.54) is 19.2 Å². The Kier molecular flexibility index (Phi) is 4.39. The van der Waals surface area contributed by atoms with Crippen LogP contribution in [0.3, 0.4) is 0 Å². The highest BCUT2D eigenvalue weighted by Crippen LogP contribution is 2.19. The van der Waals surface area contributed by atoms with E-state index in [9.17, 15) is 14.0 Å². The lowest BCUT2D eigenvalue weighted by atomic mass is 10.3. The lowest BCUT2D eigenvalue weighted by molar-refractivity contribution is -0.142. The van der Waals surface area contributed by atoms with Crippen molar-refractivity contribution in [2.45, 2.75) is 0 Å². The van der Waals surface area contributed by atoms with Crippen LogP contribution in [0.15, 0.2) is 22.7 Å². The molecule has 86 valence electrons. The van der Waals surface area contributed by atoms with E-state index in [1.807, 2.05) is 5.48 Å². The fraction of sp³-hybridized carbons (Fsp3) is 0.111. The summed E-state index contributed by atoms with van der Waals surface area (Å²) in [5.74, 6) is -2.45. The highest BCUT2D eigenvalue weighted by Gasteiger charge is 2.13. The molecule has 1 aromatic rings. The quantitative estimate of drug-likeness (QED) is 0.635. The van der Waals surface area contributed by atoms with E-state index in [2.05, 4.69) is 26.1 Å². The van der Waals surface area contributed by atoms with Crippen LogP contribution in [-0.2, 0) is 14.4 Å². The molecule has 0 unspecified atom stereocenters. The first kappa shape index (κ1) is 12.6. The number of halogens is 2. The molecule has 0 aromatic heterocycles. The zero-order chi connectivity index (χ0) is 12.1. The van der Waals surface area contributed by atoms with Crippen molar-refractivity contribution in [1.29, 1.82) is 0 Å². The third-order valence-electron chi connectivity index (χ3n) is 1.58. The van der Waals surface area contributed by atoms with Gasteiger partial charge in [-0.15, -0.1) is 0 Å². The first-order chi connectivity index (χ1) is 7.54. The zero-order valence-corrected chi connectivity index (χ0v) is 9.80. The molecular weight excluding hydrogens is 283 g/mol. The van der Waals surface area contributed by atoms with Crippen molar-refractivity contribution in [3.8, 4) is 0 Å². The van der Waals surface area contributed by atoms with Crippen LogP contribution in [0.1, 0.15) is 0 Å². The van der Waals surface area contributed by atoms with E-state index in [0.29, 0.717) is 0 Å². The van der Waals surface area contributed by atoms with Gasteiger partial charge in [-0.25, -0.2) is 9.87 Å². The molecule has 0 radical (unpaired) electrons. The summed E-state index contributed by atoms with van der Waals surface area (Å²) in [6, 6.07) is 3.95. The predicted molar refractivity (Wildman–Crippen MR) is 57.9 cm³/mol. The average Bonchev–Trinajstić information content (AvgIpc) is 2.24. The SMILES string of the molecule is CONC(=O)C(=O)Nc1ccc(Br)c(F)c1. The predicted octanol–water partition coefficient (Wildman–Crippen LogP) is 1.20. The summed E-state index contributed by atoms with van der Waals surface area (Å²) in [5, 5.41) is 2.20. The molecule has 5 nitrogen and oxygen atoms in total. The Morgan fingerprint density at radius 3 is 2.62 bits per heavy atom. The first-order valence-electron chi connectivity index (χ1n) is 4.14. The minimum Gasteiger partial charge on any atom is -0.318 e. The molecule has 0 saturated heterocycles. The Hall–Kier alpha value is -1.47. The summed E-state index contributed by atoms with van der Waals surface area (Å²) in [5.41, 5.74) is 2.02. The summed E-state index contributed by atoms with van der Waals surface area (Å²) >= 11 is 2.96. The minimum absolute atomic E-state index is 0.178. The monoisotopic (exact) mass is 290 g/mol. The van der Waals surface area contributed by atoms with Crippen molar-refractivity contribution < 1.29 is 18.8 Å². The standard InChI is InChI=1S/C9H8BrFN2O3/c1-16-13-9(15)8(14)12-5-2-3-6(10)7(11)4-5/h2-4H,1H3,(H,12,14)(H,13,15). The third kappa shape index (κ3) is 3.28. The van der Waals surface area contributed by atoms with Gasteiger partial charge >= 0.3 is 11.8 Å². The fourth-order valence-electron chi connectivity index (χ4n) is 0.901. The van der Waals surface area contributed by atoms with Crippen LogP contribution >= 0.6 is 15.9 Å². The Morgan fingerprint density at radius 1 is 1.38 bits per heavy atom. The summed E-state index contributed by atoms with van der Waals surface area (Å²) in [4.78, 5) is 26.4. The number of hydrogen-bond donors (Lipinski definition) is 2. The highest BCUT2D eigenvalue weighted by atomic mass is 79.9. The minimum atomic E-state index is -0.967. The second-order valence-electron chi connectivity index (χ2n) is 2.72. The maximum absolute atomic E-state index is 13.1. The molecule has 0 aliphatic rings. The summed E-state index contributed by atoms with van der Waals surface area (Å²) in [6.45, 7) is 0. The van der Waals surface area contributed by atoms with Gasteiger partial charge in [0, 0.05) is 5.69 Å². The molecule has 1 aromatic carbocycles. The Labute approximate surface area is 99.0 Å². The smallest absolute Gasteiger partial charge is 0.318 e. The number of hydrogen-bond acceptors (Lipinski definition) is 3. The topological polar surface area (TPSA) is 67.4 Å². The van der Waals surface area contributed by atoms with Crippen molar-refractivity contribution in [2.75, 3.05) is 12.4 Å².